The fourth-order valence-corrected chi connectivity index (χ4v) is 4.31. The number of hydrogen-bond donors (Lipinski definition) is 2. The lowest BCUT2D eigenvalue weighted by atomic mass is 10.1. The predicted molar refractivity (Wildman–Crippen MR) is 141 cm³/mol. The van der Waals surface area contributed by atoms with Crippen molar-refractivity contribution in [1.82, 2.24) is 15.5 Å². The van der Waals surface area contributed by atoms with Gasteiger partial charge in [0.15, 0.2) is 5.96 Å². The van der Waals surface area contributed by atoms with Gasteiger partial charge in [-0.1, -0.05) is 12.1 Å². The molecule has 0 unspecified atom stereocenters. The monoisotopic (exact) mass is 572 g/mol. The molecule has 1 aromatic carbocycles. The average Bonchev–Trinajstić information content (AvgIpc) is 3.27. The zero-order valence-electron chi connectivity index (χ0n) is 18.9. The molecule has 176 valence electrons. The van der Waals surface area contributed by atoms with Crippen LogP contribution in [0.25, 0.3) is 11.1 Å². The SMILES string of the molecule is CCNC(=NCc1cc(-c2ccc(OC)cc2)cs1)NC1CCN(C(=O)OCC)CC1.I. The molecular weight excluding hydrogens is 539 g/mol. The molecule has 0 saturated carbocycles. The third kappa shape index (κ3) is 7.54. The second-order valence-electron chi connectivity index (χ2n) is 7.33. The summed E-state index contributed by atoms with van der Waals surface area (Å²) in [6.45, 7) is 7.13. The van der Waals surface area contributed by atoms with E-state index in [-0.39, 0.29) is 30.1 Å². The minimum atomic E-state index is -0.216. The molecule has 0 radical (unpaired) electrons. The largest absolute Gasteiger partial charge is 0.497 e. The highest BCUT2D eigenvalue weighted by atomic mass is 127. The lowest BCUT2D eigenvalue weighted by molar-refractivity contribution is 0.0963. The highest BCUT2D eigenvalue weighted by Gasteiger charge is 2.24. The number of hydrogen-bond acceptors (Lipinski definition) is 5. The van der Waals surface area contributed by atoms with Gasteiger partial charge >= 0.3 is 6.09 Å². The normalized spacial score (nSPS) is 14.5. The van der Waals surface area contributed by atoms with Gasteiger partial charge in [0.2, 0.25) is 0 Å². The second kappa shape index (κ2) is 13.5. The lowest BCUT2D eigenvalue weighted by Gasteiger charge is -2.32. The molecule has 7 nitrogen and oxygen atoms in total. The van der Waals surface area contributed by atoms with Crippen LogP contribution >= 0.6 is 35.3 Å². The van der Waals surface area contributed by atoms with Gasteiger partial charge < -0.3 is 25.0 Å². The number of nitrogens with zero attached hydrogens (tertiary/aromatic N) is 2. The van der Waals surface area contributed by atoms with Crippen LogP contribution in [0.4, 0.5) is 4.79 Å². The highest BCUT2D eigenvalue weighted by Crippen LogP contribution is 2.27. The summed E-state index contributed by atoms with van der Waals surface area (Å²) in [5.74, 6) is 1.68. The van der Waals surface area contributed by atoms with E-state index in [4.69, 9.17) is 14.5 Å². The van der Waals surface area contributed by atoms with Gasteiger partial charge in [0, 0.05) is 30.6 Å². The third-order valence-corrected chi connectivity index (χ3v) is 6.10. The first-order chi connectivity index (χ1) is 15.1. The molecule has 1 aliphatic heterocycles. The predicted octanol–water partition coefficient (Wildman–Crippen LogP) is 4.72. The summed E-state index contributed by atoms with van der Waals surface area (Å²) in [5, 5.41) is 9.02. The van der Waals surface area contributed by atoms with Crippen molar-refractivity contribution in [3.05, 3.63) is 40.6 Å². The molecule has 32 heavy (non-hydrogen) atoms. The van der Waals surface area contributed by atoms with Crippen molar-refractivity contribution in [3.8, 4) is 16.9 Å². The van der Waals surface area contributed by atoms with Gasteiger partial charge in [-0.05, 0) is 61.4 Å². The number of carbonyl (C=O) groups is 1. The molecule has 1 saturated heterocycles. The van der Waals surface area contributed by atoms with Crippen LogP contribution < -0.4 is 15.4 Å². The van der Waals surface area contributed by atoms with Crippen molar-refractivity contribution in [2.24, 2.45) is 4.99 Å². The van der Waals surface area contributed by atoms with Gasteiger partial charge in [-0.25, -0.2) is 9.79 Å². The van der Waals surface area contributed by atoms with E-state index in [2.05, 4.69) is 41.1 Å². The van der Waals surface area contributed by atoms with E-state index in [1.165, 1.54) is 16.0 Å². The van der Waals surface area contributed by atoms with Crippen LogP contribution in [0.15, 0.2) is 40.7 Å². The number of piperidine rings is 1. The zero-order chi connectivity index (χ0) is 22.1. The van der Waals surface area contributed by atoms with Crippen LogP contribution in [-0.2, 0) is 11.3 Å². The molecular formula is C23H33IN4O3S. The number of benzene rings is 1. The molecule has 0 atom stereocenters. The summed E-state index contributed by atoms with van der Waals surface area (Å²) in [6, 6.07) is 10.6. The van der Waals surface area contributed by atoms with Crippen LogP contribution in [0.1, 0.15) is 31.6 Å². The summed E-state index contributed by atoms with van der Waals surface area (Å²) in [4.78, 5) is 19.6. The van der Waals surface area contributed by atoms with Crippen LogP contribution in [0.5, 0.6) is 5.75 Å². The van der Waals surface area contributed by atoms with Crippen molar-refractivity contribution in [2.75, 3.05) is 33.4 Å². The standard InChI is InChI=1S/C23H32N4O3S.HI/c1-4-24-22(26-19-10-12-27(13-11-19)23(28)30-5-2)25-15-21-14-18(16-31-21)17-6-8-20(29-3)9-7-17;/h6-9,14,16,19H,4-5,10-13,15H2,1-3H3,(H2,24,25,26);1H. The molecule has 1 amide bonds. The number of methoxy groups -OCH3 is 1. The molecule has 0 spiro atoms. The minimum absolute atomic E-state index is 0. The van der Waals surface area contributed by atoms with Crippen molar-refractivity contribution in [3.63, 3.8) is 0 Å². The van der Waals surface area contributed by atoms with Crippen LogP contribution in [-0.4, -0.2) is 56.3 Å². The molecule has 1 aromatic heterocycles. The van der Waals surface area contributed by atoms with E-state index >= 15 is 0 Å². The van der Waals surface area contributed by atoms with Crippen LogP contribution in [0.3, 0.4) is 0 Å². The number of aliphatic imine (C=N–C) groups is 1. The minimum Gasteiger partial charge on any atom is -0.497 e. The molecule has 2 aromatic rings. The molecule has 1 aliphatic rings. The van der Waals surface area contributed by atoms with E-state index < -0.39 is 0 Å². The summed E-state index contributed by atoms with van der Waals surface area (Å²) in [6.07, 6.45) is 1.54. The molecule has 2 N–H and O–H groups in total. The first-order valence-corrected chi connectivity index (χ1v) is 11.7. The van der Waals surface area contributed by atoms with E-state index in [0.29, 0.717) is 32.3 Å². The maximum Gasteiger partial charge on any atom is 0.409 e. The van der Waals surface area contributed by atoms with Crippen molar-refractivity contribution in [1.29, 1.82) is 0 Å². The number of guanidine groups is 1. The Balaban J connectivity index is 0.00000363. The Morgan fingerprint density at radius 2 is 1.91 bits per heavy atom. The lowest BCUT2D eigenvalue weighted by Crippen LogP contribution is -2.49. The Bertz CT molecular complexity index is 864. The van der Waals surface area contributed by atoms with Crippen molar-refractivity contribution >= 4 is 47.4 Å². The molecule has 3 rings (SSSR count). The Kier molecular flexibility index (Phi) is 11.1. The number of nitrogens with one attached hydrogen (secondary N) is 2. The maximum absolute atomic E-state index is 11.9. The Morgan fingerprint density at radius 1 is 1.19 bits per heavy atom. The fraction of sp³-hybridized carbons (Fsp3) is 0.478. The summed E-state index contributed by atoms with van der Waals surface area (Å²) >= 11 is 1.72. The summed E-state index contributed by atoms with van der Waals surface area (Å²) in [5.41, 5.74) is 2.37. The van der Waals surface area contributed by atoms with Gasteiger partial charge in [-0.2, -0.15) is 0 Å². The number of amides is 1. The van der Waals surface area contributed by atoms with Crippen molar-refractivity contribution in [2.45, 2.75) is 39.3 Å². The number of thiophene rings is 1. The number of likely N-dealkylation sites (tertiary alicyclic amines) is 1. The number of rotatable bonds is 7. The molecule has 0 bridgehead atoms. The molecule has 1 fully saturated rings. The highest BCUT2D eigenvalue weighted by molar-refractivity contribution is 14.0. The third-order valence-electron chi connectivity index (χ3n) is 5.18. The van der Waals surface area contributed by atoms with Gasteiger partial charge in [-0.3, -0.25) is 0 Å². The first kappa shape index (κ1) is 26.2. The van der Waals surface area contributed by atoms with E-state index in [1.807, 2.05) is 19.1 Å². The average molecular weight is 573 g/mol. The molecule has 9 heteroatoms. The first-order valence-electron chi connectivity index (χ1n) is 10.8. The Hall–Kier alpha value is -2.01. The zero-order valence-corrected chi connectivity index (χ0v) is 22.1. The molecule has 0 aliphatic carbocycles. The number of carbonyl (C=O) groups excluding carboxylic acids is 1. The van der Waals surface area contributed by atoms with Crippen LogP contribution in [0, 0.1) is 0 Å². The maximum atomic E-state index is 11.9. The van der Waals surface area contributed by atoms with Gasteiger partial charge in [0.1, 0.15) is 5.75 Å². The molecule has 2 heterocycles. The fourth-order valence-electron chi connectivity index (χ4n) is 3.49. The van der Waals surface area contributed by atoms with Gasteiger partial charge in [-0.15, -0.1) is 35.3 Å². The second-order valence-corrected chi connectivity index (χ2v) is 8.33. The Labute approximate surface area is 211 Å². The topological polar surface area (TPSA) is 75.2 Å². The van der Waals surface area contributed by atoms with Gasteiger partial charge in [0.25, 0.3) is 0 Å². The quantitative estimate of drug-likeness (QED) is 0.286. The van der Waals surface area contributed by atoms with Crippen molar-refractivity contribution < 1.29 is 14.3 Å². The number of ether oxygens (including phenoxy) is 2. The van der Waals surface area contributed by atoms with E-state index in [9.17, 15) is 4.79 Å². The van der Waals surface area contributed by atoms with E-state index in [1.54, 1.807) is 23.3 Å². The summed E-state index contributed by atoms with van der Waals surface area (Å²) < 4.78 is 10.3. The smallest absolute Gasteiger partial charge is 0.409 e. The van der Waals surface area contributed by atoms with E-state index in [0.717, 1.165) is 31.1 Å². The number of halogens is 1. The van der Waals surface area contributed by atoms with Crippen LogP contribution in [0.2, 0.25) is 0 Å². The Morgan fingerprint density at radius 3 is 2.53 bits per heavy atom. The summed E-state index contributed by atoms with van der Waals surface area (Å²) in [7, 11) is 1.68. The van der Waals surface area contributed by atoms with Gasteiger partial charge in [0.05, 0.1) is 20.3 Å².